The first-order chi connectivity index (χ1) is 22.9. The number of hydrogen-bond donors (Lipinski definition) is 2. The maximum Gasteiger partial charge on any atom is 0.338 e. The van der Waals surface area contributed by atoms with Crippen molar-refractivity contribution in [2.75, 3.05) is 0 Å². The molecule has 0 radical (unpaired) electrons. The summed E-state index contributed by atoms with van der Waals surface area (Å²) in [6.45, 7) is 12.9. The lowest BCUT2D eigenvalue weighted by atomic mass is 9.38. The van der Waals surface area contributed by atoms with E-state index in [1.54, 1.807) is 76.2 Å². The number of carbonyl (C=O) groups excluding carboxylic acids is 5. The minimum atomic E-state index is -2.52. The molecule has 262 valence electrons. The van der Waals surface area contributed by atoms with Gasteiger partial charge in [-0.05, 0) is 48.9 Å². The van der Waals surface area contributed by atoms with Gasteiger partial charge in [-0.1, -0.05) is 63.2 Å². The monoisotopic (exact) mass is 676 g/mol. The van der Waals surface area contributed by atoms with E-state index in [0.717, 1.165) is 13.8 Å². The topological polar surface area (TPSA) is 163 Å². The molecular weight excluding hydrogens is 632 g/mol. The Morgan fingerprint density at radius 1 is 0.816 bits per heavy atom. The minimum Gasteiger partial charge on any atom is -0.459 e. The first-order valence-electron chi connectivity index (χ1n) is 16.4. The van der Waals surface area contributed by atoms with Crippen molar-refractivity contribution in [2.24, 2.45) is 28.1 Å². The molecule has 2 aromatic carbocycles. The molecule has 0 spiro atoms. The Labute approximate surface area is 285 Å². The number of fused-ring (bicyclic) bond motifs is 3. The summed E-state index contributed by atoms with van der Waals surface area (Å²) in [6.07, 6.45) is -6.00. The standard InChI is InChI=1S/C38H44O11/c1-8-36(6)20-25(48-32(42)23-15-11-9-12-16-23)29-37(7)26(19-27(46-21(2)39)38(29,45)34(36)44)35(4,5)30(41)28(47-22(3)40)31(37)49-33(43)24-17-13-10-14-18-24/h8-18,25-31,41,45H,1,19-20H2,2-7H3/t25-,26+,27-,28+,29-,30-,31+,36+,37+,38+/m1/s1. The van der Waals surface area contributed by atoms with Gasteiger partial charge < -0.3 is 29.2 Å². The van der Waals surface area contributed by atoms with Crippen molar-refractivity contribution in [3.8, 4) is 0 Å². The second kappa shape index (κ2) is 12.8. The van der Waals surface area contributed by atoms with E-state index in [9.17, 15) is 34.2 Å². The van der Waals surface area contributed by atoms with Gasteiger partial charge in [0, 0.05) is 31.6 Å². The first-order valence-corrected chi connectivity index (χ1v) is 16.4. The lowest BCUT2D eigenvalue weighted by Crippen LogP contribution is -2.80. The molecule has 11 nitrogen and oxygen atoms in total. The third-order valence-electron chi connectivity index (χ3n) is 11.2. The predicted octanol–water partition coefficient (Wildman–Crippen LogP) is 4.24. The third-order valence-corrected chi connectivity index (χ3v) is 11.2. The molecule has 2 aromatic rings. The van der Waals surface area contributed by atoms with Crippen molar-refractivity contribution in [3.05, 3.63) is 84.4 Å². The number of aliphatic hydroxyl groups excluding tert-OH is 1. The van der Waals surface area contributed by atoms with Gasteiger partial charge in [-0.3, -0.25) is 14.4 Å². The fraction of sp³-hybridized carbons (Fsp3) is 0.500. The average Bonchev–Trinajstić information content (AvgIpc) is 3.05. The number of ether oxygens (including phenoxy) is 4. The molecule has 3 aliphatic carbocycles. The fourth-order valence-corrected chi connectivity index (χ4v) is 8.90. The zero-order valence-corrected chi connectivity index (χ0v) is 28.6. The number of Topliss-reactive ketones (excluding diaryl/α,β-unsaturated/α-hetero) is 1. The fourth-order valence-electron chi connectivity index (χ4n) is 8.90. The van der Waals surface area contributed by atoms with E-state index < -0.39 is 93.9 Å². The molecule has 49 heavy (non-hydrogen) atoms. The van der Waals surface area contributed by atoms with Crippen LogP contribution in [0.25, 0.3) is 0 Å². The third kappa shape index (κ3) is 5.86. The Bertz CT molecular complexity index is 1640. The van der Waals surface area contributed by atoms with Crippen LogP contribution in [-0.2, 0) is 33.3 Å². The molecule has 0 unspecified atom stereocenters. The van der Waals surface area contributed by atoms with Crippen molar-refractivity contribution < 1.29 is 53.1 Å². The molecule has 2 N–H and O–H groups in total. The molecule has 0 heterocycles. The van der Waals surface area contributed by atoms with E-state index in [1.165, 1.54) is 18.2 Å². The Morgan fingerprint density at radius 2 is 1.33 bits per heavy atom. The van der Waals surface area contributed by atoms with Gasteiger partial charge in [-0.25, -0.2) is 9.59 Å². The van der Waals surface area contributed by atoms with E-state index in [1.807, 2.05) is 0 Å². The number of benzene rings is 2. The van der Waals surface area contributed by atoms with Crippen molar-refractivity contribution in [1.29, 1.82) is 0 Å². The van der Waals surface area contributed by atoms with Crippen LogP contribution >= 0.6 is 0 Å². The predicted molar refractivity (Wildman–Crippen MR) is 175 cm³/mol. The lowest BCUT2D eigenvalue weighted by Gasteiger charge is -2.69. The van der Waals surface area contributed by atoms with Crippen LogP contribution in [0.4, 0.5) is 0 Å². The van der Waals surface area contributed by atoms with Gasteiger partial charge in [0.25, 0.3) is 0 Å². The molecule has 3 fully saturated rings. The highest BCUT2D eigenvalue weighted by atomic mass is 16.6. The maximum absolute atomic E-state index is 14.7. The number of hydrogen-bond acceptors (Lipinski definition) is 11. The second-order valence-electron chi connectivity index (χ2n) is 14.6. The molecular formula is C38H44O11. The van der Waals surface area contributed by atoms with Crippen LogP contribution in [0.2, 0.25) is 0 Å². The van der Waals surface area contributed by atoms with Crippen LogP contribution in [0.15, 0.2) is 73.3 Å². The van der Waals surface area contributed by atoms with E-state index in [-0.39, 0.29) is 24.0 Å². The Balaban J connectivity index is 1.79. The van der Waals surface area contributed by atoms with Crippen molar-refractivity contribution in [3.63, 3.8) is 0 Å². The molecule has 0 aromatic heterocycles. The molecule has 0 saturated heterocycles. The zero-order chi connectivity index (χ0) is 36.1. The summed E-state index contributed by atoms with van der Waals surface area (Å²) < 4.78 is 23.9. The summed E-state index contributed by atoms with van der Waals surface area (Å²) in [5.74, 6) is -5.99. The Hall–Kier alpha value is -4.35. The Morgan fingerprint density at radius 3 is 1.82 bits per heavy atom. The van der Waals surface area contributed by atoms with E-state index in [0.29, 0.717) is 0 Å². The van der Waals surface area contributed by atoms with Gasteiger partial charge in [0.15, 0.2) is 17.5 Å². The van der Waals surface area contributed by atoms with Crippen molar-refractivity contribution in [2.45, 2.75) is 90.5 Å². The highest BCUT2D eigenvalue weighted by Gasteiger charge is 2.78. The Kier molecular flexibility index (Phi) is 9.42. The SMILES string of the molecule is C=C[C@@]1(C)C[C@@H](OC(=O)c2ccccc2)[C@H]2[C@](O)(C1=O)[C@H](OC(C)=O)C[C@H]1C(C)(C)[C@H](O)[C@H](OC(C)=O)[C@H](OC(=O)c3ccccc3)[C@@]12C. The molecule has 3 saturated carbocycles. The summed E-state index contributed by atoms with van der Waals surface area (Å²) in [5, 5.41) is 24.9. The second-order valence-corrected chi connectivity index (χ2v) is 14.6. The zero-order valence-electron chi connectivity index (χ0n) is 28.6. The molecule has 0 bridgehead atoms. The largest absolute Gasteiger partial charge is 0.459 e. The summed E-state index contributed by atoms with van der Waals surface area (Å²) in [6, 6.07) is 16.2. The van der Waals surface area contributed by atoms with Crippen LogP contribution in [0.3, 0.4) is 0 Å². The highest BCUT2D eigenvalue weighted by molar-refractivity contribution is 5.97. The van der Waals surface area contributed by atoms with E-state index >= 15 is 0 Å². The van der Waals surface area contributed by atoms with E-state index in [2.05, 4.69) is 6.58 Å². The van der Waals surface area contributed by atoms with Gasteiger partial charge in [-0.2, -0.15) is 0 Å². The van der Waals surface area contributed by atoms with Crippen molar-refractivity contribution >= 4 is 29.7 Å². The normalized spacial score (nSPS) is 36.2. The first kappa shape index (κ1) is 35.9. The van der Waals surface area contributed by atoms with Gasteiger partial charge in [-0.15, -0.1) is 6.58 Å². The van der Waals surface area contributed by atoms with Crippen LogP contribution in [-0.4, -0.2) is 76.0 Å². The number of aliphatic hydroxyl groups is 2. The lowest BCUT2D eigenvalue weighted by molar-refractivity contribution is -0.313. The van der Waals surface area contributed by atoms with Crippen LogP contribution in [0.1, 0.15) is 75.1 Å². The highest BCUT2D eigenvalue weighted by Crippen LogP contribution is 2.67. The molecule has 11 heteroatoms. The van der Waals surface area contributed by atoms with Gasteiger partial charge >= 0.3 is 23.9 Å². The molecule has 3 aliphatic rings. The van der Waals surface area contributed by atoms with E-state index in [4.69, 9.17) is 18.9 Å². The van der Waals surface area contributed by atoms with Crippen LogP contribution in [0.5, 0.6) is 0 Å². The number of ketones is 1. The number of rotatable bonds is 7. The minimum absolute atomic E-state index is 0.128. The molecule has 0 amide bonds. The quantitative estimate of drug-likeness (QED) is 0.245. The van der Waals surface area contributed by atoms with Gasteiger partial charge in [0.1, 0.15) is 24.4 Å². The summed E-state index contributed by atoms with van der Waals surface area (Å²) in [5.41, 5.74) is -6.32. The van der Waals surface area contributed by atoms with Crippen LogP contribution < -0.4 is 0 Å². The maximum atomic E-state index is 14.7. The molecule has 0 aliphatic heterocycles. The summed E-state index contributed by atoms with van der Waals surface area (Å²) in [7, 11) is 0. The molecule has 5 rings (SSSR count). The average molecular weight is 677 g/mol. The van der Waals surface area contributed by atoms with Gasteiger partial charge in [0.05, 0.1) is 16.5 Å². The molecule has 10 atom stereocenters. The number of carbonyl (C=O) groups is 5. The number of allylic oxidation sites excluding steroid dienone is 1. The number of esters is 4. The summed E-state index contributed by atoms with van der Waals surface area (Å²) >= 11 is 0. The summed E-state index contributed by atoms with van der Waals surface area (Å²) in [4.78, 5) is 67.4. The van der Waals surface area contributed by atoms with Crippen LogP contribution in [0, 0.1) is 28.1 Å². The smallest absolute Gasteiger partial charge is 0.338 e. The van der Waals surface area contributed by atoms with Gasteiger partial charge in [0.2, 0.25) is 0 Å². The van der Waals surface area contributed by atoms with Crippen molar-refractivity contribution in [1.82, 2.24) is 0 Å².